The van der Waals surface area contributed by atoms with Gasteiger partial charge >= 0.3 is 0 Å². The monoisotopic (exact) mass is 482 g/mol. The maximum Gasteiger partial charge on any atom is 0.246 e. The third kappa shape index (κ3) is 6.07. The maximum absolute atomic E-state index is 13.4. The Morgan fingerprint density at radius 1 is 1.10 bits per heavy atom. The Kier molecular flexibility index (Phi) is 8.47. The van der Waals surface area contributed by atoms with Crippen LogP contribution in [-0.4, -0.2) is 41.2 Å². The summed E-state index contributed by atoms with van der Waals surface area (Å²) in [4.78, 5) is 29.8. The average Bonchev–Trinajstić information content (AvgIpc) is 2.81. The van der Waals surface area contributed by atoms with Crippen LogP contribution in [0.2, 0.25) is 0 Å². The average molecular weight is 483 g/mol. The molecule has 1 aliphatic heterocycles. The van der Waals surface area contributed by atoms with E-state index >= 15 is 0 Å². The van der Waals surface area contributed by atoms with Crippen molar-refractivity contribution >= 4 is 33.8 Å². The van der Waals surface area contributed by atoms with Gasteiger partial charge in [0.05, 0.1) is 6.04 Å². The van der Waals surface area contributed by atoms with Crippen LogP contribution in [0, 0.1) is 5.92 Å². The highest BCUT2D eigenvalue weighted by Crippen LogP contribution is 2.30. The first-order chi connectivity index (χ1) is 15.0. The van der Waals surface area contributed by atoms with E-state index < -0.39 is 0 Å². The lowest BCUT2D eigenvalue weighted by molar-refractivity contribution is -0.141. The highest BCUT2D eigenvalue weighted by atomic mass is 79.9. The number of hydrogen-bond donors (Lipinski definition) is 0. The SMILES string of the molecule is CCCN(C(=O)C1CCN(C(=O)/C=C/c2ccccc2)CC1)[C@@H](C)c1ccccc1Br. The highest BCUT2D eigenvalue weighted by Gasteiger charge is 2.32. The van der Waals surface area contributed by atoms with E-state index in [1.54, 1.807) is 6.08 Å². The molecule has 164 valence electrons. The summed E-state index contributed by atoms with van der Waals surface area (Å²) in [7, 11) is 0. The van der Waals surface area contributed by atoms with Crippen molar-refractivity contribution in [3.63, 3.8) is 0 Å². The van der Waals surface area contributed by atoms with E-state index in [1.165, 1.54) is 0 Å². The van der Waals surface area contributed by atoms with Crippen molar-refractivity contribution < 1.29 is 9.59 Å². The Morgan fingerprint density at radius 3 is 2.39 bits per heavy atom. The third-order valence-electron chi connectivity index (χ3n) is 5.94. The maximum atomic E-state index is 13.4. The minimum Gasteiger partial charge on any atom is -0.339 e. The molecule has 0 spiro atoms. The lowest BCUT2D eigenvalue weighted by atomic mass is 9.93. The molecule has 2 amide bonds. The second-order valence-corrected chi connectivity index (χ2v) is 8.93. The zero-order valence-electron chi connectivity index (χ0n) is 18.3. The van der Waals surface area contributed by atoms with E-state index in [-0.39, 0.29) is 23.8 Å². The second-order valence-electron chi connectivity index (χ2n) is 8.07. The van der Waals surface area contributed by atoms with Gasteiger partial charge in [-0.05, 0) is 49.5 Å². The van der Waals surface area contributed by atoms with Gasteiger partial charge in [-0.1, -0.05) is 71.4 Å². The van der Waals surface area contributed by atoms with Gasteiger partial charge in [-0.3, -0.25) is 9.59 Å². The first-order valence-electron chi connectivity index (χ1n) is 11.1. The number of piperidine rings is 1. The Labute approximate surface area is 194 Å². The fourth-order valence-electron chi connectivity index (χ4n) is 4.14. The van der Waals surface area contributed by atoms with Crippen molar-refractivity contribution in [3.05, 3.63) is 76.3 Å². The van der Waals surface area contributed by atoms with Gasteiger partial charge in [-0.2, -0.15) is 0 Å². The molecule has 1 atom stereocenters. The van der Waals surface area contributed by atoms with Crippen LogP contribution in [0.1, 0.15) is 50.3 Å². The number of hydrogen-bond acceptors (Lipinski definition) is 2. The van der Waals surface area contributed by atoms with Gasteiger partial charge in [0.1, 0.15) is 0 Å². The molecule has 5 heteroatoms. The van der Waals surface area contributed by atoms with Crippen LogP contribution in [0.15, 0.2) is 65.1 Å². The predicted molar refractivity (Wildman–Crippen MR) is 129 cm³/mol. The minimum atomic E-state index is -0.0290. The normalized spacial score (nSPS) is 15.8. The first-order valence-corrected chi connectivity index (χ1v) is 11.9. The van der Waals surface area contributed by atoms with Crippen LogP contribution in [0.25, 0.3) is 6.08 Å². The van der Waals surface area contributed by atoms with Crippen molar-refractivity contribution in [2.45, 2.75) is 39.2 Å². The number of likely N-dealkylation sites (tertiary alicyclic amines) is 1. The zero-order valence-corrected chi connectivity index (χ0v) is 19.9. The van der Waals surface area contributed by atoms with Crippen molar-refractivity contribution in [2.75, 3.05) is 19.6 Å². The molecule has 0 bridgehead atoms. The summed E-state index contributed by atoms with van der Waals surface area (Å²) in [5, 5.41) is 0. The summed E-state index contributed by atoms with van der Waals surface area (Å²) in [5.74, 6) is 0.192. The molecule has 1 saturated heterocycles. The molecule has 2 aromatic carbocycles. The fraction of sp³-hybridized carbons (Fsp3) is 0.385. The number of nitrogens with zero attached hydrogens (tertiary/aromatic N) is 2. The molecule has 0 unspecified atom stereocenters. The van der Waals surface area contributed by atoms with Crippen molar-refractivity contribution in [1.82, 2.24) is 9.80 Å². The number of amides is 2. The Morgan fingerprint density at radius 2 is 1.74 bits per heavy atom. The molecular weight excluding hydrogens is 452 g/mol. The van der Waals surface area contributed by atoms with Gasteiger partial charge in [0.2, 0.25) is 11.8 Å². The molecule has 0 radical (unpaired) electrons. The van der Waals surface area contributed by atoms with Crippen LogP contribution < -0.4 is 0 Å². The van der Waals surface area contributed by atoms with E-state index in [0.717, 1.165) is 28.6 Å². The quantitative estimate of drug-likeness (QED) is 0.474. The van der Waals surface area contributed by atoms with Gasteiger partial charge in [0.15, 0.2) is 0 Å². The van der Waals surface area contributed by atoms with Crippen LogP contribution in [0.3, 0.4) is 0 Å². The van der Waals surface area contributed by atoms with E-state index in [4.69, 9.17) is 0 Å². The molecule has 0 aliphatic carbocycles. The Hall–Kier alpha value is -2.40. The van der Waals surface area contributed by atoms with Gasteiger partial charge in [-0.25, -0.2) is 0 Å². The van der Waals surface area contributed by atoms with Gasteiger partial charge in [0.25, 0.3) is 0 Å². The highest BCUT2D eigenvalue weighted by molar-refractivity contribution is 9.10. The standard InChI is InChI=1S/C26H31BrN2O2/c1-3-17-29(20(2)23-11-7-8-12-24(23)27)26(31)22-15-18-28(19-16-22)25(30)14-13-21-9-5-4-6-10-21/h4-14,20,22H,3,15-19H2,1-2H3/b14-13+/t20-/m0/s1. The van der Waals surface area contributed by atoms with Crippen LogP contribution >= 0.6 is 15.9 Å². The number of rotatable bonds is 7. The van der Waals surface area contributed by atoms with E-state index in [2.05, 4.69) is 35.8 Å². The number of carbonyl (C=O) groups is 2. The van der Waals surface area contributed by atoms with E-state index in [1.807, 2.05) is 64.4 Å². The number of carbonyl (C=O) groups excluding carboxylic acids is 2. The zero-order chi connectivity index (χ0) is 22.2. The summed E-state index contributed by atoms with van der Waals surface area (Å²) in [5.41, 5.74) is 2.14. The molecule has 0 aromatic heterocycles. The molecule has 1 heterocycles. The lowest BCUT2D eigenvalue weighted by Crippen LogP contribution is -2.45. The summed E-state index contributed by atoms with van der Waals surface area (Å²) < 4.78 is 1.03. The smallest absolute Gasteiger partial charge is 0.246 e. The van der Waals surface area contributed by atoms with E-state index in [9.17, 15) is 9.59 Å². The molecule has 3 rings (SSSR count). The van der Waals surface area contributed by atoms with Gasteiger partial charge in [0, 0.05) is 36.1 Å². The van der Waals surface area contributed by atoms with Crippen molar-refractivity contribution in [3.8, 4) is 0 Å². The number of halogens is 1. The number of benzene rings is 2. The van der Waals surface area contributed by atoms with Crippen molar-refractivity contribution in [2.24, 2.45) is 5.92 Å². The summed E-state index contributed by atoms with van der Waals surface area (Å²) in [6, 6.07) is 17.9. The molecule has 4 nitrogen and oxygen atoms in total. The lowest BCUT2D eigenvalue weighted by Gasteiger charge is -2.36. The van der Waals surface area contributed by atoms with Gasteiger partial charge < -0.3 is 9.80 Å². The molecule has 2 aromatic rings. The van der Waals surface area contributed by atoms with E-state index in [0.29, 0.717) is 25.9 Å². The topological polar surface area (TPSA) is 40.6 Å². The first kappa shape index (κ1) is 23.3. The van der Waals surface area contributed by atoms with Gasteiger partial charge in [-0.15, -0.1) is 0 Å². The van der Waals surface area contributed by atoms with Crippen LogP contribution in [-0.2, 0) is 9.59 Å². The molecule has 0 N–H and O–H groups in total. The predicted octanol–water partition coefficient (Wildman–Crippen LogP) is 5.70. The third-order valence-corrected chi connectivity index (χ3v) is 6.67. The Balaban J connectivity index is 1.60. The molecule has 31 heavy (non-hydrogen) atoms. The summed E-state index contributed by atoms with van der Waals surface area (Å²) in [6.07, 6.45) is 5.83. The molecule has 1 aliphatic rings. The fourth-order valence-corrected chi connectivity index (χ4v) is 4.75. The van der Waals surface area contributed by atoms with Crippen LogP contribution in [0.5, 0.6) is 0 Å². The largest absolute Gasteiger partial charge is 0.339 e. The molecule has 0 saturated carbocycles. The van der Waals surface area contributed by atoms with Crippen LogP contribution in [0.4, 0.5) is 0 Å². The van der Waals surface area contributed by atoms with Crippen molar-refractivity contribution in [1.29, 1.82) is 0 Å². The minimum absolute atomic E-state index is 0.0106. The molecular formula is C26H31BrN2O2. The summed E-state index contributed by atoms with van der Waals surface area (Å²) in [6.45, 7) is 6.18. The molecule has 1 fully saturated rings. The second kappa shape index (κ2) is 11.3. The Bertz CT molecular complexity index is 905. The summed E-state index contributed by atoms with van der Waals surface area (Å²) >= 11 is 3.63.